The zero-order chi connectivity index (χ0) is 25.0. The molecule has 2 heterocycles. The quantitative estimate of drug-likeness (QED) is 0.673. The van der Waals surface area contributed by atoms with Gasteiger partial charge in [-0.2, -0.15) is 0 Å². The highest BCUT2D eigenvalue weighted by Gasteiger charge is 2.35. The summed E-state index contributed by atoms with van der Waals surface area (Å²) in [6, 6.07) is 9.47. The topological polar surface area (TPSA) is 65.1 Å². The van der Waals surface area contributed by atoms with E-state index in [0.717, 1.165) is 58.3 Å². The van der Waals surface area contributed by atoms with E-state index >= 15 is 0 Å². The van der Waals surface area contributed by atoms with Gasteiger partial charge in [-0.15, -0.1) is 0 Å². The molecule has 1 aliphatic carbocycles. The van der Waals surface area contributed by atoms with Crippen LogP contribution >= 0.6 is 0 Å². The number of piperazine rings is 1. The van der Waals surface area contributed by atoms with Crippen molar-refractivity contribution in [2.75, 3.05) is 39.3 Å². The van der Waals surface area contributed by atoms with Gasteiger partial charge < -0.3 is 19.9 Å². The SMILES string of the molecule is Cc1ccc(C2CCN(C(=O)NC3CCCCC3N3CCN(C(=O)OC(C)(C)C)CC3)CC2)cc1. The maximum Gasteiger partial charge on any atom is 0.410 e. The van der Waals surface area contributed by atoms with Crippen LogP contribution in [0.1, 0.15) is 76.3 Å². The van der Waals surface area contributed by atoms with Crippen LogP contribution in [0.25, 0.3) is 0 Å². The maximum atomic E-state index is 13.2. The molecule has 0 spiro atoms. The predicted octanol–water partition coefficient (Wildman–Crippen LogP) is 4.75. The zero-order valence-corrected chi connectivity index (χ0v) is 22.1. The number of nitrogens with zero attached hydrogens (tertiary/aromatic N) is 3. The van der Waals surface area contributed by atoms with Crippen LogP contribution in [0.4, 0.5) is 9.59 Å². The van der Waals surface area contributed by atoms with Crippen LogP contribution in [0.2, 0.25) is 0 Å². The minimum atomic E-state index is -0.471. The van der Waals surface area contributed by atoms with Crippen LogP contribution in [-0.4, -0.2) is 83.8 Å². The van der Waals surface area contributed by atoms with Crippen molar-refractivity contribution in [1.29, 1.82) is 0 Å². The summed E-state index contributed by atoms with van der Waals surface area (Å²) in [5.41, 5.74) is 2.22. The van der Waals surface area contributed by atoms with E-state index in [-0.39, 0.29) is 18.2 Å². The fourth-order valence-electron chi connectivity index (χ4n) is 5.78. The molecule has 3 aliphatic rings. The Morgan fingerprint density at radius 1 is 0.857 bits per heavy atom. The van der Waals surface area contributed by atoms with Gasteiger partial charge in [-0.1, -0.05) is 42.7 Å². The standard InChI is InChI=1S/C28H44N4O3/c1-21-9-11-22(12-10-21)23-13-15-31(16-14-23)26(33)29-24-7-5-6-8-25(24)30-17-19-32(20-18-30)27(34)35-28(2,3)4/h9-12,23-25H,5-8,13-20H2,1-4H3,(H,29,33). The van der Waals surface area contributed by atoms with Gasteiger partial charge in [-0.3, -0.25) is 4.90 Å². The van der Waals surface area contributed by atoms with E-state index in [1.165, 1.54) is 17.5 Å². The summed E-state index contributed by atoms with van der Waals surface area (Å²) in [7, 11) is 0. The lowest BCUT2D eigenvalue weighted by molar-refractivity contribution is 0.00581. The number of ether oxygens (including phenoxy) is 1. The molecule has 0 bridgehead atoms. The van der Waals surface area contributed by atoms with Crippen molar-refractivity contribution in [3.63, 3.8) is 0 Å². The molecule has 1 N–H and O–H groups in total. The Labute approximate surface area is 211 Å². The normalized spacial score (nSPS) is 24.8. The van der Waals surface area contributed by atoms with Crippen LogP contribution in [-0.2, 0) is 4.74 Å². The molecule has 2 saturated heterocycles. The molecule has 2 atom stereocenters. The fraction of sp³-hybridized carbons (Fsp3) is 0.714. The average molecular weight is 485 g/mol. The molecule has 1 saturated carbocycles. The first-order chi connectivity index (χ1) is 16.7. The molecule has 7 nitrogen and oxygen atoms in total. The van der Waals surface area contributed by atoms with Gasteiger partial charge in [0, 0.05) is 51.4 Å². The van der Waals surface area contributed by atoms with Gasteiger partial charge >= 0.3 is 12.1 Å². The number of piperidine rings is 1. The molecular weight excluding hydrogens is 440 g/mol. The number of hydrogen-bond acceptors (Lipinski definition) is 4. The van der Waals surface area contributed by atoms with Crippen LogP contribution in [0.3, 0.4) is 0 Å². The molecule has 2 aliphatic heterocycles. The molecular formula is C28H44N4O3. The zero-order valence-electron chi connectivity index (χ0n) is 22.1. The Morgan fingerprint density at radius 3 is 2.11 bits per heavy atom. The van der Waals surface area contributed by atoms with E-state index in [2.05, 4.69) is 41.4 Å². The number of amides is 3. The Morgan fingerprint density at radius 2 is 1.49 bits per heavy atom. The molecule has 194 valence electrons. The number of benzene rings is 1. The lowest BCUT2D eigenvalue weighted by Crippen LogP contribution is -2.60. The van der Waals surface area contributed by atoms with Crippen LogP contribution in [0, 0.1) is 6.92 Å². The highest BCUT2D eigenvalue weighted by atomic mass is 16.6. The van der Waals surface area contributed by atoms with Crippen molar-refractivity contribution in [2.45, 2.75) is 89.8 Å². The molecule has 3 fully saturated rings. The summed E-state index contributed by atoms with van der Waals surface area (Å²) in [5.74, 6) is 0.545. The van der Waals surface area contributed by atoms with Crippen molar-refractivity contribution < 1.29 is 14.3 Å². The van der Waals surface area contributed by atoms with E-state index < -0.39 is 5.60 Å². The first-order valence-corrected chi connectivity index (χ1v) is 13.5. The number of hydrogen-bond donors (Lipinski definition) is 1. The molecule has 1 aromatic rings. The minimum Gasteiger partial charge on any atom is -0.444 e. The van der Waals surface area contributed by atoms with Gasteiger partial charge in [-0.25, -0.2) is 9.59 Å². The first-order valence-electron chi connectivity index (χ1n) is 13.5. The largest absolute Gasteiger partial charge is 0.444 e. The third-order valence-electron chi connectivity index (χ3n) is 7.80. The van der Waals surface area contributed by atoms with E-state index in [0.29, 0.717) is 25.0 Å². The lowest BCUT2D eigenvalue weighted by Gasteiger charge is -2.45. The number of urea groups is 1. The molecule has 7 heteroatoms. The van der Waals surface area contributed by atoms with E-state index in [1.54, 1.807) is 0 Å². The average Bonchev–Trinajstić information content (AvgIpc) is 2.84. The molecule has 1 aromatic carbocycles. The monoisotopic (exact) mass is 484 g/mol. The van der Waals surface area contributed by atoms with Gasteiger partial charge in [-0.05, 0) is 64.9 Å². The Balaban J connectivity index is 1.26. The number of carbonyl (C=O) groups is 2. The van der Waals surface area contributed by atoms with Crippen molar-refractivity contribution >= 4 is 12.1 Å². The number of carbonyl (C=O) groups excluding carboxylic acids is 2. The summed E-state index contributed by atoms with van der Waals surface area (Å²) in [5, 5.41) is 3.40. The molecule has 35 heavy (non-hydrogen) atoms. The maximum absolute atomic E-state index is 13.2. The molecule has 4 rings (SSSR count). The van der Waals surface area contributed by atoms with Gasteiger partial charge in [0.2, 0.25) is 0 Å². The molecule has 3 amide bonds. The fourth-order valence-corrected chi connectivity index (χ4v) is 5.78. The van der Waals surface area contributed by atoms with Crippen LogP contribution in [0.15, 0.2) is 24.3 Å². The van der Waals surface area contributed by atoms with Crippen molar-refractivity contribution in [2.24, 2.45) is 0 Å². The summed E-state index contributed by atoms with van der Waals surface area (Å²) in [4.78, 5) is 31.9. The highest BCUT2D eigenvalue weighted by molar-refractivity contribution is 5.74. The summed E-state index contributed by atoms with van der Waals surface area (Å²) in [6.45, 7) is 12.5. The third kappa shape index (κ3) is 6.90. The smallest absolute Gasteiger partial charge is 0.410 e. The van der Waals surface area contributed by atoms with Crippen LogP contribution in [0.5, 0.6) is 0 Å². The summed E-state index contributed by atoms with van der Waals surface area (Å²) >= 11 is 0. The second-order valence-corrected chi connectivity index (χ2v) is 11.6. The van der Waals surface area contributed by atoms with Crippen molar-refractivity contribution in [1.82, 2.24) is 20.0 Å². The first kappa shape index (κ1) is 25.8. The Hall–Kier alpha value is -2.28. The number of nitrogens with one attached hydrogen (secondary N) is 1. The Bertz CT molecular complexity index is 850. The van der Waals surface area contributed by atoms with E-state index in [1.807, 2.05) is 30.6 Å². The Kier molecular flexibility index (Phi) is 8.25. The van der Waals surface area contributed by atoms with Gasteiger partial charge in [0.15, 0.2) is 0 Å². The minimum absolute atomic E-state index is 0.0941. The third-order valence-corrected chi connectivity index (χ3v) is 7.80. The number of rotatable bonds is 3. The molecule has 2 unspecified atom stereocenters. The van der Waals surface area contributed by atoms with Crippen LogP contribution < -0.4 is 5.32 Å². The van der Waals surface area contributed by atoms with E-state index in [9.17, 15) is 9.59 Å². The highest BCUT2D eigenvalue weighted by Crippen LogP contribution is 2.29. The summed E-state index contributed by atoms with van der Waals surface area (Å²) < 4.78 is 5.55. The number of likely N-dealkylation sites (tertiary alicyclic amines) is 1. The second-order valence-electron chi connectivity index (χ2n) is 11.6. The van der Waals surface area contributed by atoms with Gasteiger partial charge in [0.05, 0.1) is 0 Å². The van der Waals surface area contributed by atoms with Gasteiger partial charge in [0.25, 0.3) is 0 Å². The van der Waals surface area contributed by atoms with Gasteiger partial charge in [0.1, 0.15) is 5.60 Å². The van der Waals surface area contributed by atoms with E-state index in [4.69, 9.17) is 4.74 Å². The number of aryl methyl sites for hydroxylation is 1. The van der Waals surface area contributed by atoms with Crippen molar-refractivity contribution in [3.8, 4) is 0 Å². The molecule has 0 radical (unpaired) electrons. The predicted molar refractivity (Wildman–Crippen MR) is 139 cm³/mol. The summed E-state index contributed by atoms with van der Waals surface area (Å²) in [6.07, 6.45) is 6.32. The van der Waals surface area contributed by atoms with Crippen molar-refractivity contribution in [3.05, 3.63) is 35.4 Å². The molecule has 0 aromatic heterocycles. The second kappa shape index (κ2) is 11.2. The lowest BCUT2D eigenvalue weighted by atomic mass is 9.88.